The van der Waals surface area contributed by atoms with Gasteiger partial charge in [0.25, 0.3) is 5.91 Å². The highest BCUT2D eigenvalue weighted by Crippen LogP contribution is 2.05. The van der Waals surface area contributed by atoms with E-state index in [1.165, 1.54) is 0 Å². The maximum absolute atomic E-state index is 11.8. The van der Waals surface area contributed by atoms with Gasteiger partial charge in [0.1, 0.15) is 12.4 Å². The van der Waals surface area contributed by atoms with Crippen molar-refractivity contribution in [3.63, 3.8) is 0 Å². The SMILES string of the molecule is Cc1cccc(C(=O)NCC#CCOc2cccnc2)c1. The Hall–Kier alpha value is -2.80. The highest BCUT2D eigenvalue weighted by Gasteiger charge is 2.02. The monoisotopic (exact) mass is 280 g/mol. The van der Waals surface area contributed by atoms with Gasteiger partial charge < -0.3 is 10.1 Å². The lowest BCUT2D eigenvalue weighted by molar-refractivity contribution is 0.0958. The summed E-state index contributed by atoms with van der Waals surface area (Å²) in [6.07, 6.45) is 3.31. The number of nitrogens with one attached hydrogen (secondary N) is 1. The Labute approximate surface area is 124 Å². The van der Waals surface area contributed by atoms with Gasteiger partial charge in [-0.05, 0) is 31.2 Å². The molecular formula is C17H16N2O2. The zero-order chi connectivity index (χ0) is 14.9. The Kier molecular flexibility index (Phi) is 5.36. The Bertz CT molecular complexity index is 657. The molecule has 2 aromatic rings. The van der Waals surface area contributed by atoms with Crippen LogP contribution in [0.1, 0.15) is 15.9 Å². The lowest BCUT2D eigenvalue weighted by Gasteiger charge is -2.02. The average molecular weight is 280 g/mol. The molecule has 0 aliphatic heterocycles. The summed E-state index contributed by atoms with van der Waals surface area (Å²) in [5, 5.41) is 2.74. The second-order valence-corrected chi connectivity index (χ2v) is 4.38. The fourth-order valence-corrected chi connectivity index (χ4v) is 1.68. The van der Waals surface area contributed by atoms with E-state index in [1.807, 2.05) is 31.2 Å². The van der Waals surface area contributed by atoms with Crippen molar-refractivity contribution in [3.05, 3.63) is 59.9 Å². The number of nitrogens with zero attached hydrogens (tertiary/aromatic N) is 1. The maximum Gasteiger partial charge on any atom is 0.252 e. The average Bonchev–Trinajstić information content (AvgIpc) is 2.51. The Morgan fingerprint density at radius 1 is 1.29 bits per heavy atom. The van der Waals surface area contributed by atoms with Crippen molar-refractivity contribution in [2.75, 3.05) is 13.2 Å². The summed E-state index contributed by atoms with van der Waals surface area (Å²) in [7, 11) is 0. The second kappa shape index (κ2) is 7.71. The molecule has 4 nitrogen and oxygen atoms in total. The number of hydrogen-bond acceptors (Lipinski definition) is 3. The number of hydrogen-bond donors (Lipinski definition) is 1. The summed E-state index contributed by atoms with van der Waals surface area (Å²) in [4.78, 5) is 15.8. The number of carbonyl (C=O) groups excluding carboxylic acids is 1. The van der Waals surface area contributed by atoms with Crippen molar-refractivity contribution >= 4 is 5.91 Å². The van der Waals surface area contributed by atoms with Crippen molar-refractivity contribution in [1.29, 1.82) is 0 Å². The Morgan fingerprint density at radius 2 is 2.19 bits per heavy atom. The molecule has 1 aromatic carbocycles. The van der Waals surface area contributed by atoms with Crippen LogP contribution in [0.2, 0.25) is 0 Å². The van der Waals surface area contributed by atoms with E-state index in [0.29, 0.717) is 17.9 Å². The van der Waals surface area contributed by atoms with E-state index in [0.717, 1.165) is 5.56 Å². The largest absolute Gasteiger partial charge is 0.479 e. The van der Waals surface area contributed by atoms with Crippen LogP contribution in [0.4, 0.5) is 0 Å². The second-order valence-electron chi connectivity index (χ2n) is 4.38. The molecule has 0 aliphatic rings. The smallest absolute Gasteiger partial charge is 0.252 e. The van der Waals surface area contributed by atoms with Gasteiger partial charge >= 0.3 is 0 Å². The molecule has 4 heteroatoms. The number of amides is 1. The molecule has 1 N–H and O–H groups in total. The van der Waals surface area contributed by atoms with Gasteiger partial charge in [0.05, 0.1) is 12.7 Å². The molecule has 21 heavy (non-hydrogen) atoms. The number of aryl methyl sites for hydroxylation is 1. The van der Waals surface area contributed by atoms with Crippen molar-refractivity contribution in [2.45, 2.75) is 6.92 Å². The third-order valence-corrected chi connectivity index (χ3v) is 2.69. The molecule has 0 fully saturated rings. The number of pyridine rings is 1. The predicted octanol–water partition coefficient (Wildman–Crippen LogP) is 2.20. The van der Waals surface area contributed by atoms with Crippen LogP contribution in [0.3, 0.4) is 0 Å². The van der Waals surface area contributed by atoms with Crippen LogP contribution < -0.4 is 10.1 Å². The summed E-state index contributed by atoms with van der Waals surface area (Å²) < 4.78 is 5.36. The van der Waals surface area contributed by atoms with Gasteiger partial charge in [-0.25, -0.2) is 0 Å². The predicted molar refractivity (Wildman–Crippen MR) is 81.0 cm³/mol. The van der Waals surface area contributed by atoms with E-state index in [1.54, 1.807) is 24.5 Å². The van der Waals surface area contributed by atoms with Gasteiger partial charge in [-0.3, -0.25) is 9.78 Å². The number of ether oxygens (including phenoxy) is 1. The Balaban J connectivity index is 1.72. The number of rotatable bonds is 4. The first-order chi connectivity index (χ1) is 10.3. The van der Waals surface area contributed by atoms with E-state index >= 15 is 0 Å². The first kappa shape index (κ1) is 14.6. The van der Waals surface area contributed by atoms with Gasteiger partial charge in [-0.2, -0.15) is 0 Å². The van der Waals surface area contributed by atoms with Crippen LogP contribution in [0.15, 0.2) is 48.8 Å². The van der Waals surface area contributed by atoms with Crippen LogP contribution in [0, 0.1) is 18.8 Å². The van der Waals surface area contributed by atoms with Crippen LogP contribution >= 0.6 is 0 Å². The van der Waals surface area contributed by atoms with E-state index in [2.05, 4.69) is 22.1 Å². The first-order valence-corrected chi connectivity index (χ1v) is 6.59. The van der Waals surface area contributed by atoms with Crippen LogP contribution in [-0.4, -0.2) is 24.0 Å². The van der Waals surface area contributed by atoms with Crippen LogP contribution in [-0.2, 0) is 0 Å². The van der Waals surface area contributed by atoms with Crippen LogP contribution in [0.25, 0.3) is 0 Å². The summed E-state index contributed by atoms with van der Waals surface area (Å²) in [5.74, 6) is 6.23. The molecule has 1 amide bonds. The normalized spacial score (nSPS) is 9.38. The van der Waals surface area contributed by atoms with Crippen molar-refractivity contribution in [3.8, 4) is 17.6 Å². The Morgan fingerprint density at radius 3 is 2.95 bits per heavy atom. The quantitative estimate of drug-likeness (QED) is 0.874. The molecule has 2 rings (SSSR count). The van der Waals surface area contributed by atoms with Gasteiger partial charge in [0, 0.05) is 11.8 Å². The number of aromatic nitrogens is 1. The third-order valence-electron chi connectivity index (χ3n) is 2.69. The zero-order valence-electron chi connectivity index (χ0n) is 11.8. The topological polar surface area (TPSA) is 51.2 Å². The van der Waals surface area contributed by atoms with Crippen LogP contribution in [0.5, 0.6) is 5.75 Å². The summed E-state index contributed by atoms with van der Waals surface area (Å²) in [5.41, 5.74) is 1.70. The molecule has 0 aliphatic carbocycles. The molecule has 0 atom stereocenters. The molecule has 1 heterocycles. The molecular weight excluding hydrogens is 264 g/mol. The molecule has 106 valence electrons. The third kappa shape index (κ3) is 5.00. The van der Waals surface area contributed by atoms with Crippen molar-refractivity contribution in [1.82, 2.24) is 10.3 Å². The molecule has 0 unspecified atom stereocenters. The fourth-order valence-electron chi connectivity index (χ4n) is 1.68. The summed E-state index contributed by atoms with van der Waals surface area (Å²) >= 11 is 0. The van der Waals surface area contributed by atoms with E-state index in [4.69, 9.17) is 4.74 Å². The summed E-state index contributed by atoms with van der Waals surface area (Å²) in [6.45, 7) is 2.52. The number of benzene rings is 1. The van der Waals surface area contributed by atoms with Crippen molar-refractivity contribution < 1.29 is 9.53 Å². The molecule has 0 bridgehead atoms. The van der Waals surface area contributed by atoms with Gasteiger partial charge in [-0.1, -0.05) is 29.5 Å². The summed E-state index contributed by atoms with van der Waals surface area (Å²) in [6, 6.07) is 11.0. The first-order valence-electron chi connectivity index (χ1n) is 6.59. The van der Waals surface area contributed by atoms with Gasteiger partial charge in [0.2, 0.25) is 0 Å². The van der Waals surface area contributed by atoms with E-state index in [9.17, 15) is 4.79 Å². The molecule has 0 saturated heterocycles. The molecule has 1 aromatic heterocycles. The zero-order valence-corrected chi connectivity index (χ0v) is 11.8. The minimum Gasteiger partial charge on any atom is -0.479 e. The van der Waals surface area contributed by atoms with Crippen molar-refractivity contribution in [2.24, 2.45) is 0 Å². The molecule has 0 saturated carbocycles. The van der Waals surface area contributed by atoms with E-state index < -0.39 is 0 Å². The number of carbonyl (C=O) groups is 1. The minimum atomic E-state index is -0.124. The van der Waals surface area contributed by atoms with Gasteiger partial charge in [0.15, 0.2) is 0 Å². The van der Waals surface area contributed by atoms with Gasteiger partial charge in [-0.15, -0.1) is 0 Å². The standard InChI is InChI=1S/C17H16N2O2/c1-14-6-4-7-15(12-14)17(20)19-10-2-3-11-21-16-8-5-9-18-13-16/h4-9,12-13H,10-11H2,1H3,(H,19,20). The van der Waals surface area contributed by atoms with E-state index in [-0.39, 0.29) is 12.5 Å². The maximum atomic E-state index is 11.8. The fraction of sp³-hybridized carbons (Fsp3) is 0.176. The molecule has 0 radical (unpaired) electrons. The lowest BCUT2D eigenvalue weighted by Crippen LogP contribution is -2.23. The lowest BCUT2D eigenvalue weighted by atomic mass is 10.1. The minimum absolute atomic E-state index is 0.124. The molecule has 0 spiro atoms. The highest BCUT2D eigenvalue weighted by atomic mass is 16.5. The highest BCUT2D eigenvalue weighted by molar-refractivity contribution is 5.94.